The van der Waals surface area contributed by atoms with Crippen LogP contribution in [-0.2, 0) is 20.7 Å². The number of nitriles is 1. The second-order valence-electron chi connectivity index (χ2n) is 6.03. The molecule has 1 aromatic carbocycles. The topological polar surface area (TPSA) is 113 Å². The van der Waals surface area contributed by atoms with Gasteiger partial charge in [-0.25, -0.2) is 0 Å². The highest BCUT2D eigenvalue weighted by atomic mass is 16.6. The lowest BCUT2D eigenvalue weighted by Gasteiger charge is -2.25. The number of carbonyl (C=O) groups excluding carboxylic acids is 1. The first-order chi connectivity index (χ1) is 10.1. The quantitative estimate of drug-likeness (QED) is 0.629. The number of esters is 1. The number of hydrogen-bond acceptors (Lipinski definition) is 5. The molecule has 0 aliphatic heterocycles. The summed E-state index contributed by atoms with van der Waals surface area (Å²) in [5.74, 6) is -3.59. The van der Waals surface area contributed by atoms with Crippen molar-refractivity contribution in [2.75, 3.05) is 0 Å². The largest absolute Gasteiger partial charge is 0.481 e. The molecule has 0 bridgehead atoms. The van der Waals surface area contributed by atoms with Crippen LogP contribution in [-0.4, -0.2) is 28.7 Å². The molecule has 118 valence electrons. The zero-order valence-corrected chi connectivity index (χ0v) is 12.9. The molecule has 3 N–H and O–H groups in total. The van der Waals surface area contributed by atoms with Crippen molar-refractivity contribution >= 4 is 11.9 Å². The number of ether oxygens (including phenoxy) is 1. The van der Waals surface area contributed by atoms with Crippen molar-refractivity contribution in [1.82, 2.24) is 0 Å². The van der Waals surface area contributed by atoms with Crippen molar-refractivity contribution in [3.63, 3.8) is 0 Å². The predicted molar refractivity (Wildman–Crippen MR) is 79.8 cm³/mol. The number of hydrogen-bond donors (Lipinski definition) is 2. The fourth-order valence-electron chi connectivity index (χ4n) is 1.93. The minimum atomic E-state index is -1.44. The number of benzene rings is 1. The van der Waals surface area contributed by atoms with Crippen molar-refractivity contribution in [3.05, 3.63) is 35.4 Å². The summed E-state index contributed by atoms with van der Waals surface area (Å²) in [6, 6.07) is 7.68. The van der Waals surface area contributed by atoms with Gasteiger partial charge in [-0.05, 0) is 44.9 Å². The molecule has 0 amide bonds. The third-order valence-electron chi connectivity index (χ3n) is 2.91. The number of nitrogens with two attached hydrogens (primary N) is 1. The van der Waals surface area contributed by atoms with Crippen LogP contribution in [0.25, 0.3) is 0 Å². The van der Waals surface area contributed by atoms with E-state index >= 15 is 0 Å². The zero-order valence-electron chi connectivity index (χ0n) is 12.9. The van der Waals surface area contributed by atoms with Crippen LogP contribution in [0.4, 0.5) is 0 Å². The van der Waals surface area contributed by atoms with Gasteiger partial charge in [-0.1, -0.05) is 12.1 Å². The van der Waals surface area contributed by atoms with Crippen LogP contribution in [0.1, 0.15) is 31.9 Å². The van der Waals surface area contributed by atoms with Crippen molar-refractivity contribution < 1.29 is 19.4 Å². The first-order valence-corrected chi connectivity index (χ1v) is 6.84. The number of rotatable bonds is 5. The Morgan fingerprint density at radius 1 is 1.32 bits per heavy atom. The van der Waals surface area contributed by atoms with E-state index in [1.165, 1.54) is 0 Å². The monoisotopic (exact) mass is 304 g/mol. The van der Waals surface area contributed by atoms with E-state index in [-0.39, 0.29) is 6.42 Å². The first-order valence-electron chi connectivity index (χ1n) is 6.84. The van der Waals surface area contributed by atoms with E-state index in [4.69, 9.17) is 15.7 Å². The molecule has 6 nitrogen and oxygen atoms in total. The van der Waals surface area contributed by atoms with Crippen LogP contribution in [0.2, 0.25) is 0 Å². The summed E-state index contributed by atoms with van der Waals surface area (Å²) in [7, 11) is 0. The summed E-state index contributed by atoms with van der Waals surface area (Å²) in [5.41, 5.74) is 6.37. The van der Waals surface area contributed by atoms with Gasteiger partial charge in [0.2, 0.25) is 0 Å². The van der Waals surface area contributed by atoms with Crippen LogP contribution in [0.3, 0.4) is 0 Å². The summed E-state index contributed by atoms with van der Waals surface area (Å²) in [4.78, 5) is 23.3. The molecule has 1 rings (SSSR count). The molecule has 0 aliphatic rings. The molecule has 0 heterocycles. The fraction of sp³-hybridized carbons (Fsp3) is 0.438. The predicted octanol–water partition coefficient (Wildman–Crippen LogP) is 1.47. The Kier molecular flexibility index (Phi) is 5.66. The molecule has 0 fully saturated rings. The van der Waals surface area contributed by atoms with Gasteiger partial charge >= 0.3 is 11.9 Å². The maximum absolute atomic E-state index is 12.0. The minimum absolute atomic E-state index is 0.196. The molecule has 1 aromatic rings. The number of carbonyl (C=O) groups is 2. The van der Waals surface area contributed by atoms with Gasteiger partial charge in [0.15, 0.2) is 5.92 Å². The molecule has 0 radical (unpaired) electrons. The number of carboxylic acid groups (broad SMARTS) is 1. The van der Waals surface area contributed by atoms with Crippen LogP contribution in [0.15, 0.2) is 24.3 Å². The van der Waals surface area contributed by atoms with Gasteiger partial charge in [-0.2, -0.15) is 5.26 Å². The van der Waals surface area contributed by atoms with Crippen LogP contribution < -0.4 is 5.73 Å². The minimum Gasteiger partial charge on any atom is -0.481 e. The second-order valence-corrected chi connectivity index (χ2v) is 6.03. The SMILES string of the molecule is CC(C)(C)OC(=O)[C@H](C(=O)O)[C@H](N)Cc1ccc(C#N)cc1. The second kappa shape index (κ2) is 7.05. The van der Waals surface area contributed by atoms with Gasteiger partial charge in [0.25, 0.3) is 0 Å². The molecule has 0 spiro atoms. The Morgan fingerprint density at radius 3 is 2.27 bits per heavy atom. The highest BCUT2D eigenvalue weighted by molar-refractivity contribution is 5.95. The average Bonchev–Trinajstić information content (AvgIpc) is 2.36. The van der Waals surface area contributed by atoms with Gasteiger partial charge in [0.05, 0.1) is 11.6 Å². The average molecular weight is 304 g/mol. The Labute approximate surface area is 129 Å². The molecule has 6 heteroatoms. The van der Waals surface area contributed by atoms with Crippen LogP contribution in [0.5, 0.6) is 0 Å². The Morgan fingerprint density at radius 2 is 1.86 bits per heavy atom. The lowest BCUT2D eigenvalue weighted by molar-refractivity contribution is -0.167. The van der Waals surface area contributed by atoms with Crippen LogP contribution >= 0.6 is 0 Å². The lowest BCUT2D eigenvalue weighted by Crippen LogP contribution is -2.45. The third kappa shape index (κ3) is 5.19. The summed E-state index contributed by atoms with van der Waals surface area (Å²) >= 11 is 0. The zero-order chi connectivity index (χ0) is 16.9. The molecule has 0 aliphatic carbocycles. The molecule has 2 atom stereocenters. The van der Waals surface area contributed by atoms with E-state index in [2.05, 4.69) is 0 Å². The summed E-state index contributed by atoms with van der Waals surface area (Å²) in [6.45, 7) is 4.99. The van der Waals surface area contributed by atoms with Crippen molar-refractivity contribution in [3.8, 4) is 6.07 Å². The fourth-order valence-corrected chi connectivity index (χ4v) is 1.93. The first kappa shape index (κ1) is 17.7. The van der Waals surface area contributed by atoms with Crippen LogP contribution in [0, 0.1) is 17.2 Å². The molecule has 0 saturated heterocycles. The highest BCUT2D eigenvalue weighted by Gasteiger charge is 2.36. The van der Waals surface area contributed by atoms with Gasteiger partial charge in [-0.3, -0.25) is 9.59 Å². The third-order valence-corrected chi connectivity index (χ3v) is 2.91. The number of nitrogens with zero attached hydrogens (tertiary/aromatic N) is 1. The maximum atomic E-state index is 12.0. The smallest absolute Gasteiger partial charge is 0.322 e. The molecule has 22 heavy (non-hydrogen) atoms. The maximum Gasteiger partial charge on any atom is 0.322 e. The van der Waals surface area contributed by atoms with E-state index in [1.807, 2.05) is 6.07 Å². The van der Waals surface area contributed by atoms with E-state index in [0.29, 0.717) is 5.56 Å². The van der Waals surface area contributed by atoms with Gasteiger partial charge < -0.3 is 15.6 Å². The Bertz CT molecular complexity index is 582. The van der Waals surface area contributed by atoms with E-state index in [0.717, 1.165) is 5.56 Å². The molecule has 0 aromatic heterocycles. The molecular weight excluding hydrogens is 284 g/mol. The van der Waals surface area contributed by atoms with E-state index < -0.39 is 29.5 Å². The molecule has 0 unspecified atom stereocenters. The lowest BCUT2D eigenvalue weighted by atomic mass is 9.93. The summed E-state index contributed by atoms with van der Waals surface area (Å²) < 4.78 is 5.11. The Hall–Kier alpha value is -2.39. The summed E-state index contributed by atoms with van der Waals surface area (Å²) in [6.07, 6.45) is 0.196. The Balaban J connectivity index is 2.85. The number of carboxylic acids is 1. The van der Waals surface area contributed by atoms with E-state index in [1.54, 1.807) is 45.0 Å². The highest BCUT2D eigenvalue weighted by Crippen LogP contribution is 2.16. The van der Waals surface area contributed by atoms with Crippen molar-refractivity contribution in [2.45, 2.75) is 38.8 Å². The van der Waals surface area contributed by atoms with Gasteiger partial charge in [0.1, 0.15) is 5.60 Å². The molecule has 0 saturated carbocycles. The van der Waals surface area contributed by atoms with E-state index in [9.17, 15) is 14.7 Å². The normalized spacial score (nSPS) is 13.8. The summed E-state index contributed by atoms with van der Waals surface area (Å²) in [5, 5.41) is 18.0. The number of aliphatic carboxylic acids is 1. The standard InChI is InChI=1S/C16H20N2O4/c1-16(2,3)22-15(21)13(14(19)20)12(18)8-10-4-6-11(9-17)7-5-10/h4-7,12-13H,8,18H2,1-3H3,(H,19,20)/t12-,13+/m1/s1. The van der Waals surface area contributed by atoms with Crippen molar-refractivity contribution in [1.29, 1.82) is 5.26 Å². The van der Waals surface area contributed by atoms with Gasteiger partial charge in [0, 0.05) is 6.04 Å². The van der Waals surface area contributed by atoms with Crippen molar-refractivity contribution in [2.24, 2.45) is 11.7 Å². The van der Waals surface area contributed by atoms with Gasteiger partial charge in [-0.15, -0.1) is 0 Å². The molecular formula is C16H20N2O4.